The molecule has 0 aromatic heterocycles. The lowest BCUT2D eigenvalue weighted by Crippen LogP contribution is -2.00. The van der Waals surface area contributed by atoms with Crippen LogP contribution in [0.2, 0.25) is 0 Å². The largest absolute Gasteiger partial charge is 0.458 e. The molecule has 0 aliphatic carbocycles. The monoisotopic (exact) mass is 282 g/mol. The molecule has 4 nitrogen and oxygen atoms in total. The minimum absolute atomic E-state index is 0.238. The van der Waals surface area contributed by atoms with Gasteiger partial charge in [-0.1, -0.05) is 36.4 Å². The second-order valence-corrected chi connectivity index (χ2v) is 4.54. The molecular formula is C17H14O4. The molecule has 0 atom stereocenters. The van der Waals surface area contributed by atoms with E-state index in [-0.39, 0.29) is 19.4 Å². The molecule has 106 valence electrons. The zero-order chi connectivity index (χ0) is 14.5. The molecule has 0 bridgehead atoms. The van der Waals surface area contributed by atoms with Crippen LogP contribution in [-0.4, -0.2) is 12.8 Å². The molecule has 1 aliphatic heterocycles. The molecule has 2 aromatic carbocycles. The van der Waals surface area contributed by atoms with Crippen molar-refractivity contribution < 1.29 is 19.0 Å². The van der Waals surface area contributed by atoms with Gasteiger partial charge >= 0.3 is 5.97 Å². The minimum atomic E-state index is -0.378. The maximum Gasteiger partial charge on any atom is 0.331 e. The van der Waals surface area contributed by atoms with Crippen LogP contribution in [0.25, 0.3) is 6.08 Å². The van der Waals surface area contributed by atoms with Crippen molar-refractivity contribution in [2.24, 2.45) is 0 Å². The highest BCUT2D eigenvalue weighted by molar-refractivity contribution is 5.87. The first kappa shape index (κ1) is 13.2. The highest BCUT2D eigenvalue weighted by Crippen LogP contribution is 2.32. The molecule has 0 unspecified atom stereocenters. The summed E-state index contributed by atoms with van der Waals surface area (Å²) in [6.45, 7) is 0.507. The lowest BCUT2D eigenvalue weighted by Gasteiger charge is -2.01. The summed E-state index contributed by atoms with van der Waals surface area (Å²) >= 11 is 0. The minimum Gasteiger partial charge on any atom is -0.458 e. The second-order valence-electron chi connectivity index (χ2n) is 4.54. The summed E-state index contributed by atoms with van der Waals surface area (Å²) in [6.07, 6.45) is 3.09. The quantitative estimate of drug-likeness (QED) is 0.638. The van der Waals surface area contributed by atoms with Crippen molar-refractivity contribution in [3.63, 3.8) is 0 Å². The van der Waals surface area contributed by atoms with Crippen LogP contribution in [-0.2, 0) is 16.1 Å². The highest BCUT2D eigenvalue weighted by Gasteiger charge is 2.12. The first-order chi connectivity index (χ1) is 10.3. The Hall–Kier alpha value is -2.75. The number of hydrogen-bond donors (Lipinski definition) is 0. The van der Waals surface area contributed by atoms with Crippen LogP contribution in [0.5, 0.6) is 11.5 Å². The zero-order valence-corrected chi connectivity index (χ0v) is 11.3. The van der Waals surface area contributed by atoms with Crippen molar-refractivity contribution in [3.8, 4) is 11.5 Å². The first-order valence-electron chi connectivity index (χ1n) is 6.60. The predicted molar refractivity (Wildman–Crippen MR) is 77.8 cm³/mol. The molecule has 0 amide bonds. The molecule has 0 radical (unpaired) electrons. The van der Waals surface area contributed by atoms with Crippen LogP contribution in [0.3, 0.4) is 0 Å². The topological polar surface area (TPSA) is 44.8 Å². The zero-order valence-electron chi connectivity index (χ0n) is 11.3. The Morgan fingerprint density at radius 2 is 1.90 bits per heavy atom. The molecule has 0 fully saturated rings. The number of carbonyl (C=O) groups is 1. The average molecular weight is 282 g/mol. The van der Waals surface area contributed by atoms with E-state index in [1.807, 2.05) is 48.5 Å². The van der Waals surface area contributed by atoms with Gasteiger partial charge in [-0.15, -0.1) is 0 Å². The third kappa shape index (κ3) is 3.42. The van der Waals surface area contributed by atoms with Gasteiger partial charge in [0.2, 0.25) is 6.79 Å². The molecular weight excluding hydrogens is 268 g/mol. The Labute approximate surface area is 122 Å². The Bertz CT molecular complexity index is 662. The van der Waals surface area contributed by atoms with Gasteiger partial charge < -0.3 is 14.2 Å². The van der Waals surface area contributed by atoms with Crippen LogP contribution in [0, 0.1) is 0 Å². The average Bonchev–Trinajstić information content (AvgIpc) is 2.99. The summed E-state index contributed by atoms with van der Waals surface area (Å²) in [6, 6.07) is 15.1. The van der Waals surface area contributed by atoms with E-state index in [0.717, 1.165) is 16.9 Å². The van der Waals surface area contributed by atoms with Crippen molar-refractivity contribution in [2.75, 3.05) is 6.79 Å². The van der Waals surface area contributed by atoms with Crippen LogP contribution in [0.1, 0.15) is 11.1 Å². The van der Waals surface area contributed by atoms with E-state index in [1.165, 1.54) is 6.08 Å². The third-order valence-electron chi connectivity index (χ3n) is 3.03. The van der Waals surface area contributed by atoms with Crippen molar-refractivity contribution in [3.05, 3.63) is 65.7 Å². The van der Waals surface area contributed by atoms with Gasteiger partial charge in [0.25, 0.3) is 0 Å². The van der Waals surface area contributed by atoms with Crippen molar-refractivity contribution in [1.82, 2.24) is 0 Å². The normalized spacial score (nSPS) is 12.6. The van der Waals surface area contributed by atoms with Crippen molar-refractivity contribution in [2.45, 2.75) is 6.61 Å². The van der Waals surface area contributed by atoms with E-state index < -0.39 is 0 Å². The maximum atomic E-state index is 11.7. The van der Waals surface area contributed by atoms with Gasteiger partial charge in [0.1, 0.15) is 6.61 Å². The van der Waals surface area contributed by atoms with Crippen LogP contribution in [0.15, 0.2) is 54.6 Å². The molecule has 21 heavy (non-hydrogen) atoms. The maximum absolute atomic E-state index is 11.7. The molecule has 4 heteroatoms. The van der Waals surface area contributed by atoms with Gasteiger partial charge in [-0.2, -0.15) is 0 Å². The molecule has 0 spiro atoms. The number of fused-ring (bicyclic) bond motifs is 1. The summed E-state index contributed by atoms with van der Waals surface area (Å²) in [5.41, 5.74) is 1.82. The fourth-order valence-corrected chi connectivity index (χ4v) is 1.96. The Kier molecular flexibility index (Phi) is 3.87. The van der Waals surface area contributed by atoms with Crippen LogP contribution >= 0.6 is 0 Å². The number of esters is 1. The Morgan fingerprint density at radius 1 is 1.10 bits per heavy atom. The summed E-state index contributed by atoms with van der Waals surface area (Å²) in [4.78, 5) is 11.7. The van der Waals surface area contributed by atoms with E-state index in [2.05, 4.69) is 0 Å². The van der Waals surface area contributed by atoms with E-state index in [4.69, 9.17) is 14.2 Å². The molecule has 0 saturated carbocycles. The Balaban J connectivity index is 1.57. The summed E-state index contributed by atoms with van der Waals surface area (Å²) in [5.74, 6) is 1.03. The van der Waals surface area contributed by atoms with Gasteiger partial charge in [-0.3, -0.25) is 0 Å². The number of ether oxygens (including phenoxy) is 3. The number of hydrogen-bond acceptors (Lipinski definition) is 4. The van der Waals surface area contributed by atoms with E-state index in [9.17, 15) is 4.79 Å². The third-order valence-corrected chi connectivity index (χ3v) is 3.03. The second kappa shape index (κ2) is 6.13. The lowest BCUT2D eigenvalue weighted by molar-refractivity contribution is -0.138. The lowest BCUT2D eigenvalue weighted by atomic mass is 10.2. The molecule has 1 heterocycles. The van der Waals surface area contributed by atoms with Gasteiger partial charge in [-0.25, -0.2) is 4.79 Å². The fraction of sp³-hybridized carbons (Fsp3) is 0.118. The highest BCUT2D eigenvalue weighted by atomic mass is 16.7. The Morgan fingerprint density at radius 3 is 2.76 bits per heavy atom. The smallest absolute Gasteiger partial charge is 0.331 e. The number of rotatable bonds is 4. The summed E-state index contributed by atoms with van der Waals surface area (Å²) < 4.78 is 15.7. The molecule has 1 aliphatic rings. The van der Waals surface area contributed by atoms with Gasteiger partial charge in [-0.05, 0) is 29.3 Å². The standard InChI is InChI=1S/C17H14O4/c18-17(19-11-14-4-2-1-3-5-14)9-7-13-6-8-15-16(10-13)21-12-20-15/h1-10H,11-12H2/b9-7+. The predicted octanol–water partition coefficient (Wildman–Crippen LogP) is 3.17. The molecule has 2 aromatic rings. The molecule has 0 N–H and O–H groups in total. The SMILES string of the molecule is O=C(/C=C/c1ccc2c(c1)OCO2)OCc1ccccc1. The summed E-state index contributed by atoms with van der Waals surface area (Å²) in [7, 11) is 0. The first-order valence-corrected chi connectivity index (χ1v) is 6.60. The number of benzene rings is 2. The van der Waals surface area contributed by atoms with Crippen LogP contribution < -0.4 is 9.47 Å². The van der Waals surface area contributed by atoms with Gasteiger partial charge in [0.05, 0.1) is 0 Å². The van der Waals surface area contributed by atoms with Crippen LogP contribution in [0.4, 0.5) is 0 Å². The summed E-state index contributed by atoms with van der Waals surface area (Å²) in [5, 5.41) is 0. The molecule has 3 rings (SSSR count). The van der Waals surface area contributed by atoms with E-state index in [0.29, 0.717) is 5.75 Å². The van der Waals surface area contributed by atoms with Gasteiger partial charge in [0.15, 0.2) is 11.5 Å². The van der Waals surface area contributed by atoms with Crippen molar-refractivity contribution >= 4 is 12.0 Å². The molecule has 0 saturated heterocycles. The van der Waals surface area contributed by atoms with E-state index in [1.54, 1.807) is 6.08 Å². The van der Waals surface area contributed by atoms with Gasteiger partial charge in [0, 0.05) is 6.08 Å². The van der Waals surface area contributed by atoms with E-state index >= 15 is 0 Å². The van der Waals surface area contributed by atoms with Crippen molar-refractivity contribution in [1.29, 1.82) is 0 Å². The number of carbonyl (C=O) groups excluding carboxylic acids is 1. The fourth-order valence-electron chi connectivity index (χ4n) is 1.96.